The van der Waals surface area contributed by atoms with Crippen LogP contribution in [0.15, 0.2) is 41.4 Å². The first-order valence-corrected chi connectivity index (χ1v) is 5.62. The van der Waals surface area contributed by atoms with Crippen LogP contribution in [0.2, 0.25) is 0 Å². The Morgan fingerprint density at radius 3 is 2.44 bits per heavy atom. The lowest BCUT2D eigenvalue weighted by Crippen LogP contribution is -2.18. The minimum atomic E-state index is 0.708. The summed E-state index contributed by atoms with van der Waals surface area (Å²) < 4.78 is 0.883. The number of rotatable bonds is 3. The molecular formula is C11H11BrN4. The van der Waals surface area contributed by atoms with Gasteiger partial charge in [-0.1, -0.05) is 0 Å². The molecule has 5 heteroatoms. The van der Waals surface area contributed by atoms with Crippen molar-refractivity contribution in [3.8, 4) is 0 Å². The molecule has 2 aromatic heterocycles. The largest absolute Gasteiger partial charge is 0.340 e. The Bertz CT molecular complexity index is 443. The number of hydrogen-bond donors (Lipinski definition) is 0. The molecule has 2 rings (SSSR count). The zero-order chi connectivity index (χ0) is 11.4. The van der Waals surface area contributed by atoms with Crippen LogP contribution >= 0.6 is 15.9 Å². The molecule has 0 fully saturated rings. The van der Waals surface area contributed by atoms with Gasteiger partial charge >= 0.3 is 0 Å². The van der Waals surface area contributed by atoms with Crippen LogP contribution in [0, 0.1) is 0 Å². The average Bonchev–Trinajstić information content (AvgIpc) is 2.31. The predicted octanol–water partition coefficient (Wildman–Crippen LogP) is 2.27. The minimum Gasteiger partial charge on any atom is -0.340 e. The molecule has 82 valence electrons. The summed E-state index contributed by atoms with van der Waals surface area (Å²) in [5.41, 5.74) is 1.18. The van der Waals surface area contributed by atoms with Gasteiger partial charge in [-0.15, -0.1) is 0 Å². The SMILES string of the molecule is CN(Cc1ccncc1)c1ncc(Br)cn1. The van der Waals surface area contributed by atoms with Crippen LogP contribution in [-0.2, 0) is 6.54 Å². The second-order valence-electron chi connectivity index (χ2n) is 3.41. The molecule has 2 heterocycles. The Morgan fingerprint density at radius 1 is 1.19 bits per heavy atom. The molecule has 0 radical (unpaired) electrons. The first-order chi connectivity index (χ1) is 7.75. The lowest BCUT2D eigenvalue weighted by Gasteiger charge is -2.16. The molecule has 2 aromatic rings. The fourth-order valence-electron chi connectivity index (χ4n) is 1.34. The predicted molar refractivity (Wildman–Crippen MR) is 66.1 cm³/mol. The summed E-state index contributed by atoms with van der Waals surface area (Å²) in [4.78, 5) is 14.4. The van der Waals surface area contributed by atoms with Gasteiger partial charge in [-0.3, -0.25) is 4.98 Å². The van der Waals surface area contributed by atoms with Crippen LogP contribution < -0.4 is 4.90 Å². The van der Waals surface area contributed by atoms with Gasteiger partial charge in [0.05, 0.1) is 4.47 Å². The van der Waals surface area contributed by atoms with Crippen molar-refractivity contribution in [3.05, 3.63) is 47.0 Å². The van der Waals surface area contributed by atoms with Gasteiger partial charge in [0, 0.05) is 38.4 Å². The highest BCUT2D eigenvalue weighted by atomic mass is 79.9. The molecule has 0 saturated heterocycles. The van der Waals surface area contributed by atoms with Crippen molar-refractivity contribution in [1.82, 2.24) is 15.0 Å². The van der Waals surface area contributed by atoms with E-state index in [2.05, 4.69) is 30.9 Å². The van der Waals surface area contributed by atoms with Gasteiger partial charge < -0.3 is 4.90 Å². The molecule has 0 amide bonds. The summed E-state index contributed by atoms with van der Waals surface area (Å²) >= 11 is 3.31. The Morgan fingerprint density at radius 2 is 1.81 bits per heavy atom. The zero-order valence-corrected chi connectivity index (χ0v) is 10.4. The Balaban J connectivity index is 2.09. The smallest absolute Gasteiger partial charge is 0.225 e. The molecule has 0 aliphatic carbocycles. The summed E-state index contributed by atoms with van der Waals surface area (Å²) in [6.45, 7) is 0.768. The highest BCUT2D eigenvalue weighted by Crippen LogP contribution is 2.11. The molecule has 0 saturated carbocycles. The standard InChI is InChI=1S/C11H11BrN4/c1-16(8-9-2-4-13-5-3-9)11-14-6-10(12)7-15-11/h2-7H,8H2,1H3. The van der Waals surface area contributed by atoms with E-state index >= 15 is 0 Å². The third-order valence-corrected chi connectivity index (χ3v) is 2.53. The average molecular weight is 279 g/mol. The molecule has 0 bridgehead atoms. The van der Waals surface area contributed by atoms with Crippen molar-refractivity contribution in [2.24, 2.45) is 0 Å². The molecule has 0 spiro atoms. The topological polar surface area (TPSA) is 41.9 Å². The normalized spacial score (nSPS) is 10.1. The maximum absolute atomic E-state index is 4.23. The van der Waals surface area contributed by atoms with E-state index in [1.165, 1.54) is 5.56 Å². The number of anilines is 1. The van der Waals surface area contributed by atoms with Crippen LogP contribution in [0.5, 0.6) is 0 Å². The zero-order valence-electron chi connectivity index (χ0n) is 8.84. The maximum atomic E-state index is 4.23. The van der Waals surface area contributed by atoms with E-state index in [9.17, 15) is 0 Å². The Hall–Kier alpha value is -1.49. The molecule has 0 N–H and O–H groups in total. The van der Waals surface area contributed by atoms with E-state index in [1.54, 1.807) is 24.8 Å². The molecule has 4 nitrogen and oxygen atoms in total. The number of hydrogen-bond acceptors (Lipinski definition) is 4. The van der Waals surface area contributed by atoms with Gasteiger partial charge in [0.1, 0.15) is 0 Å². The van der Waals surface area contributed by atoms with E-state index in [-0.39, 0.29) is 0 Å². The van der Waals surface area contributed by atoms with E-state index in [0.29, 0.717) is 5.95 Å². The molecule has 0 unspecified atom stereocenters. The van der Waals surface area contributed by atoms with E-state index in [1.807, 2.05) is 24.1 Å². The van der Waals surface area contributed by atoms with Gasteiger partial charge in [-0.2, -0.15) is 0 Å². The molecule has 0 aromatic carbocycles. The monoisotopic (exact) mass is 278 g/mol. The second kappa shape index (κ2) is 5.03. The van der Waals surface area contributed by atoms with Crippen LogP contribution in [-0.4, -0.2) is 22.0 Å². The second-order valence-corrected chi connectivity index (χ2v) is 4.33. The van der Waals surface area contributed by atoms with Gasteiger partial charge in [-0.05, 0) is 33.6 Å². The summed E-state index contributed by atoms with van der Waals surface area (Å²) in [6.07, 6.45) is 7.05. The first kappa shape index (κ1) is 11.0. The molecule has 0 atom stereocenters. The third-order valence-electron chi connectivity index (χ3n) is 2.12. The van der Waals surface area contributed by atoms with Crippen molar-refractivity contribution in [2.75, 3.05) is 11.9 Å². The highest BCUT2D eigenvalue weighted by molar-refractivity contribution is 9.10. The lowest BCUT2D eigenvalue weighted by atomic mass is 10.2. The summed E-state index contributed by atoms with van der Waals surface area (Å²) in [5.74, 6) is 0.708. The van der Waals surface area contributed by atoms with Gasteiger partial charge in [0.25, 0.3) is 0 Å². The number of pyridine rings is 1. The maximum Gasteiger partial charge on any atom is 0.225 e. The van der Waals surface area contributed by atoms with Gasteiger partial charge in [-0.25, -0.2) is 9.97 Å². The number of halogens is 1. The number of aromatic nitrogens is 3. The molecule has 0 aliphatic heterocycles. The van der Waals surface area contributed by atoms with Crippen molar-refractivity contribution >= 4 is 21.9 Å². The van der Waals surface area contributed by atoms with E-state index in [0.717, 1.165) is 11.0 Å². The van der Waals surface area contributed by atoms with Crippen LogP contribution in [0.4, 0.5) is 5.95 Å². The quantitative estimate of drug-likeness (QED) is 0.864. The first-order valence-electron chi connectivity index (χ1n) is 4.83. The van der Waals surface area contributed by atoms with Crippen LogP contribution in [0.25, 0.3) is 0 Å². The molecule has 16 heavy (non-hydrogen) atoms. The fourth-order valence-corrected chi connectivity index (χ4v) is 1.54. The van der Waals surface area contributed by atoms with Crippen LogP contribution in [0.1, 0.15) is 5.56 Å². The lowest BCUT2D eigenvalue weighted by molar-refractivity contribution is 0.863. The van der Waals surface area contributed by atoms with E-state index < -0.39 is 0 Å². The molecule has 0 aliphatic rings. The van der Waals surface area contributed by atoms with Gasteiger partial charge in [0.15, 0.2) is 0 Å². The fraction of sp³-hybridized carbons (Fsp3) is 0.182. The summed E-state index contributed by atoms with van der Waals surface area (Å²) in [7, 11) is 1.96. The number of nitrogens with zero attached hydrogens (tertiary/aromatic N) is 4. The summed E-state index contributed by atoms with van der Waals surface area (Å²) in [5, 5.41) is 0. The highest BCUT2D eigenvalue weighted by Gasteiger charge is 2.04. The van der Waals surface area contributed by atoms with Crippen molar-refractivity contribution in [2.45, 2.75) is 6.54 Å². The molecular weight excluding hydrogens is 268 g/mol. The van der Waals surface area contributed by atoms with Crippen molar-refractivity contribution in [1.29, 1.82) is 0 Å². The van der Waals surface area contributed by atoms with Gasteiger partial charge in [0.2, 0.25) is 5.95 Å². The van der Waals surface area contributed by atoms with Crippen LogP contribution in [0.3, 0.4) is 0 Å². The minimum absolute atomic E-state index is 0.708. The van der Waals surface area contributed by atoms with Crippen molar-refractivity contribution < 1.29 is 0 Å². The Kier molecular flexibility index (Phi) is 3.46. The third kappa shape index (κ3) is 2.76. The summed E-state index contributed by atoms with van der Waals surface area (Å²) in [6, 6.07) is 3.96. The Labute approximate surface area is 103 Å². The van der Waals surface area contributed by atoms with Crippen molar-refractivity contribution in [3.63, 3.8) is 0 Å². The van der Waals surface area contributed by atoms with E-state index in [4.69, 9.17) is 0 Å².